The summed E-state index contributed by atoms with van der Waals surface area (Å²) in [7, 11) is 1.75. The van der Waals surface area contributed by atoms with Gasteiger partial charge in [-0.2, -0.15) is 5.10 Å². The average Bonchev–Trinajstić information content (AvgIpc) is 3.08. The van der Waals surface area contributed by atoms with Gasteiger partial charge in [-0.05, 0) is 37.6 Å². The number of non-ortho nitro benzene ring substituents is 1. The molecule has 10 heteroatoms. The third kappa shape index (κ3) is 4.24. The molecule has 0 saturated heterocycles. The number of ether oxygens (including phenoxy) is 1. The molecular formula is C23H20Cl2N4O4. The second-order valence-corrected chi connectivity index (χ2v) is 8.55. The Balaban J connectivity index is 2.02. The van der Waals surface area contributed by atoms with E-state index < -0.39 is 22.7 Å². The number of carbonyl (C=O) groups excluding carboxylic acids is 1. The van der Waals surface area contributed by atoms with Crippen LogP contribution >= 0.6 is 23.2 Å². The lowest BCUT2D eigenvalue weighted by Crippen LogP contribution is -2.33. The van der Waals surface area contributed by atoms with Crippen molar-refractivity contribution in [1.29, 1.82) is 0 Å². The first-order valence-corrected chi connectivity index (χ1v) is 11.0. The maximum atomic E-state index is 13.1. The van der Waals surface area contributed by atoms with Crippen LogP contribution in [0.15, 0.2) is 47.5 Å². The number of halogens is 2. The Morgan fingerprint density at radius 1 is 1.21 bits per heavy atom. The smallest absolute Gasteiger partial charge is 0.315 e. The van der Waals surface area contributed by atoms with Crippen molar-refractivity contribution in [3.8, 4) is 11.3 Å². The molecule has 0 aliphatic carbocycles. The van der Waals surface area contributed by atoms with Crippen LogP contribution in [-0.4, -0.2) is 33.0 Å². The highest BCUT2D eigenvalue weighted by molar-refractivity contribution is 6.35. The van der Waals surface area contributed by atoms with Gasteiger partial charge in [0.25, 0.3) is 5.69 Å². The summed E-state index contributed by atoms with van der Waals surface area (Å²) < 4.78 is 6.98. The Hall–Kier alpha value is -3.23. The van der Waals surface area contributed by atoms with Crippen molar-refractivity contribution in [3.05, 3.63) is 73.8 Å². The van der Waals surface area contributed by atoms with E-state index in [1.54, 1.807) is 55.9 Å². The summed E-state index contributed by atoms with van der Waals surface area (Å²) in [5.41, 5.74) is 2.89. The van der Waals surface area contributed by atoms with Crippen molar-refractivity contribution in [3.63, 3.8) is 0 Å². The van der Waals surface area contributed by atoms with Gasteiger partial charge in [0.2, 0.25) is 0 Å². The Labute approximate surface area is 199 Å². The quantitative estimate of drug-likeness (QED) is 0.260. The molecule has 33 heavy (non-hydrogen) atoms. The van der Waals surface area contributed by atoms with Gasteiger partial charge in [0.1, 0.15) is 5.92 Å². The van der Waals surface area contributed by atoms with Gasteiger partial charge in [0, 0.05) is 52.0 Å². The van der Waals surface area contributed by atoms with E-state index in [1.165, 1.54) is 12.1 Å². The summed E-state index contributed by atoms with van der Waals surface area (Å²) in [5, 5.41) is 17.0. The van der Waals surface area contributed by atoms with E-state index >= 15 is 0 Å². The first-order valence-electron chi connectivity index (χ1n) is 10.2. The summed E-state index contributed by atoms with van der Waals surface area (Å²) in [6.45, 7) is 3.67. The number of benzene rings is 2. The molecule has 0 saturated carbocycles. The predicted molar refractivity (Wildman–Crippen MR) is 126 cm³/mol. The first-order chi connectivity index (χ1) is 15.7. The number of carbonyl (C=O) groups is 1. The maximum absolute atomic E-state index is 13.1. The number of nitrogens with zero attached hydrogens (tertiary/aromatic N) is 4. The molecular weight excluding hydrogens is 467 g/mol. The molecule has 2 atom stereocenters. The predicted octanol–water partition coefficient (Wildman–Crippen LogP) is 5.72. The molecule has 2 heterocycles. The topological polar surface area (TPSA) is 99.6 Å². The fourth-order valence-electron chi connectivity index (χ4n) is 4.23. The van der Waals surface area contributed by atoms with Crippen molar-refractivity contribution in [2.45, 2.75) is 19.8 Å². The molecule has 0 spiro atoms. The average molecular weight is 487 g/mol. The number of hydrogen-bond donors (Lipinski definition) is 0. The molecule has 1 aliphatic heterocycles. The number of rotatable bonds is 5. The van der Waals surface area contributed by atoms with Crippen LogP contribution in [-0.2, 0) is 16.6 Å². The minimum absolute atomic E-state index is 0.0759. The SMILES string of the molecule is CCOC(=O)C1C(C)=Nc2c(c(-c3cc(Cl)cc(Cl)c3)nn2C)C1c1cccc([N+](=O)[O-])c1. The van der Waals surface area contributed by atoms with Crippen molar-refractivity contribution in [2.75, 3.05) is 6.61 Å². The van der Waals surface area contributed by atoms with Crippen LogP contribution in [0.25, 0.3) is 11.3 Å². The minimum Gasteiger partial charge on any atom is -0.465 e. The number of aliphatic imine (C=N–C) groups is 1. The van der Waals surface area contributed by atoms with E-state index in [1.807, 2.05) is 0 Å². The maximum Gasteiger partial charge on any atom is 0.315 e. The highest BCUT2D eigenvalue weighted by atomic mass is 35.5. The highest BCUT2D eigenvalue weighted by Gasteiger charge is 2.42. The largest absolute Gasteiger partial charge is 0.465 e. The lowest BCUT2D eigenvalue weighted by Gasteiger charge is -2.30. The molecule has 170 valence electrons. The zero-order chi connectivity index (χ0) is 23.9. The molecule has 0 amide bonds. The van der Waals surface area contributed by atoms with Crippen molar-refractivity contribution in [1.82, 2.24) is 9.78 Å². The Bertz CT molecular complexity index is 1280. The third-order valence-electron chi connectivity index (χ3n) is 5.55. The van der Waals surface area contributed by atoms with Crippen LogP contribution in [0, 0.1) is 16.0 Å². The molecule has 1 aliphatic rings. The fraction of sp³-hybridized carbons (Fsp3) is 0.261. The summed E-state index contributed by atoms with van der Waals surface area (Å²) in [4.78, 5) is 28.8. The number of esters is 1. The van der Waals surface area contributed by atoms with Crippen molar-refractivity contribution < 1.29 is 14.5 Å². The number of fused-ring (bicyclic) bond motifs is 1. The number of aromatic nitrogens is 2. The summed E-state index contributed by atoms with van der Waals surface area (Å²) >= 11 is 12.5. The number of nitro benzene ring substituents is 1. The van der Waals surface area contributed by atoms with Gasteiger partial charge in [-0.15, -0.1) is 0 Å². The second kappa shape index (κ2) is 8.96. The van der Waals surface area contributed by atoms with Crippen LogP contribution in [0.1, 0.15) is 30.9 Å². The molecule has 4 rings (SSSR count). The van der Waals surface area contributed by atoms with E-state index in [2.05, 4.69) is 10.1 Å². The summed E-state index contributed by atoms with van der Waals surface area (Å²) in [6, 6.07) is 11.3. The molecule has 0 bridgehead atoms. The molecule has 0 radical (unpaired) electrons. The van der Waals surface area contributed by atoms with Crippen LogP contribution in [0.5, 0.6) is 0 Å². The fourth-order valence-corrected chi connectivity index (χ4v) is 4.75. The zero-order valence-corrected chi connectivity index (χ0v) is 19.6. The third-order valence-corrected chi connectivity index (χ3v) is 5.98. The van der Waals surface area contributed by atoms with Crippen LogP contribution in [0.3, 0.4) is 0 Å². The minimum atomic E-state index is -0.780. The summed E-state index contributed by atoms with van der Waals surface area (Å²) in [6.07, 6.45) is 0. The van der Waals surface area contributed by atoms with Crippen LogP contribution in [0.2, 0.25) is 10.0 Å². The molecule has 2 aromatic carbocycles. The van der Waals surface area contributed by atoms with Crippen LogP contribution in [0.4, 0.5) is 11.5 Å². The first kappa shape index (κ1) is 22.9. The van der Waals surface area contributed by atoms with E-state index in [9.17, 15) is 14.9 Å². The summed E-state index contributed by atoms with van der Waals surface area (Å²) in [5.74, 6) is -1.30. The Morgan fingerprint density at radius 2 is 1.91 bits per heavy atom. The van der Waals surface area contributed by atoms with E-state index in [-0.39, 0.29) is 12.3 Å². The zero-order valence-electron chi connectivity index (χ0n) is 18.1. The lowest BCUT2D eigenvalue weighted by atomic mass is 9.75. The Morgan fingerprint density at radius 3 is 2.55 bits per heavy atom. The van der Waals surface area contributed by atoms with Gasteiger partial charge in [0.05, 0.1) is 17.2 Å². The van der Waals surface area contributed by atoms with E-state index in [0.717, 1.165) is 0 Å². The monoisotopic (exact) mass is 486 g/mol. The van der Waals surface area contributed by atoms with Gasteiger partial charge in [0.15, 0.2) is 5.82 Å². The second-order valence-electron chi connectivity index (χ2n) is 7.68. The molecule has 8 nitrogen and oxygen atoms in total. The van der Waals surface area contributed by atoms with Crippen molar-refractivity contribution in [2.24, 2.45) is 18.0 Å². The van der Waals surface area contributed by atoms with Gasteiger partial charge < -0.3 is 4.74 Å². The molecule has 1 aromatic heterocycles. The van der Waals surface area contributed by atoms with E-state index in [0.29, 0.717) is 44.0 Å². The lowest BCUT2D eigenvalue weighted by molar-refractivity contribution is -0.384. The highest BCUT2D eigenvalue weighted by Crippen LogP contribution is 2.48. The Kier molecular flexibility index (Phi) is 6.23. The van der Waals surface area contributed by atoms with Crippen molar-refractivity contribution >= 4 is 46.4 Å². The van der Waals surface area contributed by atoms with Gasteiger partial charge in [-0.25, -0.2) is 4.99 Å². The molecule has 0 fully saturated rings. The molecule has 2 unspecified atom stereocenters. The van der Waals surface area contributed by atoms with E-state index in [4.69, 9.17) is 27.9 Å². The number of hydrogen-bond acceptors (Lipinski definition) is 6. The van der Waals surface area contributed by atoms with Gasteiger partial charge in [-0.3, -0.25) is 19.6 Å². The standard InChI is InChI=1S/C23H20Cl2N4O4/c1-4-33-23(30)18-12(2)26-22-20(19(18)13-6-5-7-17(10-13)29(31)32)21(27-28(22)3)14-8-15(24)11-16(25)9-14/h5-11,18-19H,4H2,1-3H3. The van der Waals surface area contributed by atoms with Gasteiger partial charge in [-0.1, -0.05) is 35.3 Å². The number of aryl methyl sites for hydroxylation is 1. The normalized spacial score (nSPS) is 17.3. The van der Waals surface area contributed by atoms with Crippen LogP contribution < -0.4 is 0 Å². The van der Waals surface area contributed by atoms with Gasteiger partial charge >= 0.3 is 5.97 Å². The molecule has 3 aromatic rings. The molecule has 0 N–H and O–H groups in total. The number of nitro groups is 1.